The highest BCUT2D eigenvalue weighted by Gasteiger charge is 2.35. The van der Waals surface area contributed by atoms with Crippen LogP contribution in [0.5, 0.6) is 0 Å². The molecule has 1 rings (SSSR count). The molecule has 0 bridgehead atoms. The molecule has 5 nitrogen and oxygen atoms in total. The standard InChI is InChI=1S/C12H19F3N4O/c1-7(2)8(4-5-20)17-10-6-9(16-3)18-11(19-10)12(13,14)15/h6-8,20H,4-5H2,1-3H3,(H2,16,17,18,19). The molecule has 1 aromatic rings. The maximum absolute atomic E-state index is 12.7. The topological polar surface area (TPSA) is 70.1 Å². The van der Waals surface area contributed by atoms with Crippen molar-refractivity contribution in [3.63, 3.8) is 0 Å². The number of aromatic nitrogens is 2. The summed E-state index contributed by atoms with van der Waals surface area (Å²) in [5, 5.41) is 14.5. The molecule has 1 heterocycles. The van der Waals surface area contributed by atoms with Gasteiger partial charge in [-0.05, 0) is 12.3 Å². The van der Waals surface area contributed by atoms with E-state index in [-0.39, 0.29) is 30.2 Å². The number of rotatable bonds is 6. The van der Waals surface area contributed by atoms with Crippen molar-refractivity contribution >= 4 is 11.6 Å². The second-order valence-electron chi connectivity index (χ2n) is 4.72. The van der Waals surface area contributed by atoms with Crippen molar-refractivity contribution in [2.75, 3.05) is 24.3 Å². The van der Waals surface area contributed by atoms with Crippen LogP contribution in [-0.4, -0.2) is 34.8 Å². The van der Waals surface area contributed by atoms with Crippen LogP contribution in [0.25, 0.3) is 0 Å². The lowest BCUT2D eigenvalue weighted by Gasteiger charge is -2.22. The molecule has 1 aromatic heterocycles. The number of aliphatic hydroxyl groups excluding tert-OH is 1. The van der Waals surface area contributed by atoms with E-state index in [1.165, 1.54) is 13.1 Å². The lowest BCUT2D eigenvalue weighted by atomic mass is 10.0. The summed E-state index contributed by atoms with van der Waals surface area (Å²) in [4.78, 5) is 6.87. The summed E-state index contributed by atoms with van der Waals surface area (Å²) >= 11 is 0. The van der Waals surface area contributed by atoms with Crippen LogP contribution in [0.1, 0.15) is 26.1 Å². The van der Waals surface area contributed by atoms with Crippen molar-refractivity contribution in [1.29, 1.82) is 0 Å². The van der Waals surface area contributed by atoms with Crippen LogP contribution >= 0.6 is 0 Å². The maximum Gasteiger partial charge on any atom is 0.451 e. The van der Waals surface area contributed by atoms with Gasteiger partial charge in [-0.1, -0.05) is 13.8 Å². The van der Waals surface area contributed by atoms with Crippen LogP contribution in [0.4, 0.5) is 24.8 Å². The predicted molar refractivity (Wildman–Crippen MR) is 70.5 cm³/mol. The highest BCUT2D eigenvalue weighted by atomic mass is 19.4. The van der Waals surface area contributed by atoms with Crippen molar-refractivity contribution in [1.82, 2.24) is 9.97 Å². The van der Waals surface area contributed by atoms with Crippen LogP contribution in [0.15, 0.2) is 6.07 Å². The molecule has 1 atom stereocenters. The Morgan fingerprint density at radius 2 is 1.85 bits per heavy atom. The van der Waals surface area contributed by atoms with Crippen molar-refractivity contribution in [2.24, 2.45) is 5.92 Å². The van der Waals surface area contributed by atoms with Gasteiger partial charge in [0, 0.05) is 25.8 Å². The minimum Gasteiger partial charge on any atom is -0.396 e. The molecule has 0 aliphatic rings. The first-order chi connectivity index (χ1) is 9.27. The van der Waals surface area contributed by atoms with Gasteiger partial charge in [-0.15, -0.1) is 0 Å². The van der Waals surface area contributed by atoms with Gasteiger partial charge in [0.25, 0.3) is 0 Å². The Bertz CT molecular complexity index is 437. The Morgan fingerprint density at radius 3 is 2.30 bits per heavy atom. The highest BCUT2D eigenvalue weighted by Crippen LogP contribution is 2.28. The minimum absolute atomic E-state index is 0.0497. The minimum atomic E-state index is -4.60. The van der Waals surface area contributed by atoms with Gasteiger partial charge in [0.1, 0.15) is 11.6 Å². The molecule has 0 aliphatic carbocycles. The Balaban J connectivity index is 3.04. The molecule has 114 valence electrons. The number of nitrogens with one attached hydrogen (secondary N) is 2. The monoisotopic (exact) mass is 292 g/mol. The van der Waals surface area contributed by atoms with Crippen molar-refractivity contribution in [2.45, 2.75) is 32.5 Å². The fourth-order valence-electron chi connectivity index (χ4n) is 1.68. The Labute approximate surface area is 115 Å². The second kappa shape index (κ2) is 6.74. The van der Waals surface area contributed by atoms with Crippen molar-refractivity contribution in [3.05, 3.63) is 11.9 Å². The van der Waals surface area contributed by atoms with E-state index in [1.54, 1.807) is 0 Å². The fourth-order valence-corrected chi connectivity index (χ4v) is 1.68. The van der Waals surface area contributed by atoms with Crippen molar-refractivity contribution in [3.8, 4) is 0 Å². The SMILES string of the molecule is CNc1cc(NC(CCO)C(C)C)nc(C(F)(F)F)n1. The molecule has 0 amide bonds. The zero-order valence-electron chi connectivity index (χ0n) is 11.6. The summed E-state index contributed by atoms with van der Waals surface area (Å²) in [7, 11) is 1.49. The van der Waals surface area contributed by atoms with Gasteiger partial charge in [-0.3, -0.25) is 0 Å². The smallest absolute Gasteiger partial charge is 0.396 e. The van der Waals surface area contributed by atoms with Gasteiger partial charge in [-0.2, -0.15) is 13.2 Å². The van der Waals surface area contributed by atoms with Crippen LogP contribution < -0.4 is 10.6 Å². The van der Waals surface area contributed by atoms with E-state index in [1.807, 2.05) is 13.8 Å². The van der Waals surface area contributed by atoms with E-state index < -0.39 is 12.0 Å². The molecule has 20 heavy (non-hydrogen) atoms. The molecule has 0 aliphatic heterocycles. The zero-order valence-corrected chi connectivity index (χ0v) is 11.6. The number of hydrogen-bond donors (Lipinski definition) is 3. The van der Waals surface area contributed by atoms with Gasteiger partial charge in [0.2, 0.25) is 5.82 Å². The maximum atomic E-state index is 12.7. The largest absolute Gasteiger partial charge is 0.451 e. The third-order valence-corrected chi connectivity index (χ3v) is 2.81. The fraction of sp³-hybridized carbons (Fsp3) is 0.667. The summed E-state index contributed by atoms with van der Waals surface area (Å²) in [5.41, 5.74) is 0. The lowest BCUT2D eigenvalue weighted by molar-refractivity contribution is -0.144. The third-order valence-electron chi connectivity index (χ3n) is 2.81. The second-order valence-corrected chi connectivity index (χ2v) is 4.72. The molecule has 1 unspecified atom stereocenters. The molecule has 0 fully saturated rings. The Morgan fingerprint density at radius 1 is 1.25 bits per heavy atom. The van der Waals surface area contributed by atoms with E-state index in [2.05, 4.69) is 20.6 Å². The Kier molecular flexibility index (Phi) is 5.55. The van der Waals surface area contributed by atoms with E-state index in [9.17, 15) is 13.2 Å². The molecular formula is C12H19F3N4O. The van der Waals surface area contributed by atoms with Crippen molar-refractivity contribution < 1.29 is 18.3 Å². The number of aliphatic hydroxyl groups is 1. The van der Waals surface area contributed by atoms with Crippen LogP contribution in [0, 0.1) is 5.92 Å². The molecule has 3 N–H and O–H groups in total. The van der Waals surface area contributed by atoms with E-state index in [4.69, 9.17) is 5.11 Å². The lowest BCUT2D eigenvalue weighted by Crippen LogP contribution is -2.28. The average Bonchev–Trinajstić information content (AvgIpc) is 2.36. The quantitative estimate of drug-likeness (QED) is 0.751. The van der Waals surface area contributed by atoms with Crippen LogP contribution in [0.2, 0.25) is 0 Å². The number of nitrogens with zero attached hydrogens (tertiary/aromatic N) is 2. The van der Waals surface area contributed by atoms with E-state index in [0.717, 1.165) is 0 Å². The number of halogens is 3. The Hall–Kier alpha value is -1.57. The van der Waals surface area contributed by atoms with Gasteiger partial charge >= 0.3 is 6.18 Å². The highest BCUT2D eigenvalue weighted by molar-refractivity contribution is 5.48. The van der Waals surface area contributed by atoms with Gasteiger partial charge in [-0.25, -0.2) is 9.97 Å². The van der Waals surface area contributed by atoms with E-state index in [0.29, 0.717) is 6.42 Å². The van der Waals surface area contributed by atoms with Crippen LogP contribution in [-0.2, 0) is 6.18 Å². The van der Waals surface area contributed by atoms with Gasteiger partial charge in [0.15, 0.2) is 0 Å². The average molecular weight is 292 g/mol. The molecule has 0 saturated heterocycles. The molecule has 0 spiro atoms. The summed E-state index contributed by atoms with van der Waals surface area (Å²) < 4.78 is 38.1. The molecule has 0 aromatic carbocycles. The molecule has 8 heteroatoms. The summed E-state index contributed by atoms with van der Waals surface area (Å²) in [5.74, 6) is -0.881. The number of hydrogen-bond acceptors (Lipinski definition) is 5. The summed E-state index contributed by atoms with van der Waals surface area (Å²) in [6.45, 7) is 3.78. The third kappa shape index (κ3) is 4.52. The number of anilines is 2. The first kappa shape index (κ1) is 16.5. The van der Waals surface area contributed by atoms with E-state index >= 15 is 0 Å². The zero-order chi connectivity index (χ0) is 15.3. The molecule has 0 radical (unpaired) electrons. The normalized spacial score (nSPS) is 13.4. The van der Waals surface area contributed by atoms with Gasteiger partial charge in [0.05, 0.1) is 0 Å². The first-order valence-corrected chi connectivity index (χ1v) is 6.29. The van der Waals surface area contributed by atoms with Gasteiger partial charge < -0.3 is 15.7 Å². The summed E-state index contributed by atoms with van der Waals surface area (Å²) in [6, 6.07) is 1.24. The first-order valence-electron chi connectivity index (χ1n) is 6.29. The van der Waals surface area contributed by atoms with Crippen LogP contribution in [0.3, 0.4) is 0 Å². The predicted octanol–water partition coefficient (Wildman–Crippen LogP) is 2.36. The molecular weight excluding hydrogens is 273 g/mol. The summed E-state index contributed by atoms with van der Waals surface area (Å²) in [6.07, 6.45) is -4.18. The number of alkyl halides is 3. The molecule has 0 saturated carbocycles.